The summed E-state index contributed by atoms with van der Waals surface area (Å²) in [5.74, 6) is 0.247. The maximum atomic E-state index is 12.9. The lowest BCUT2D eigenvalue weighted by Gasteiger charge is -2.28. The highest BCUT2D eigenvalue weighted by molar-refractivity contribution is 5.96. The molecular weight excluding hydrogens is 360 g/mol. The molecule has 3 aromatic rings. The second-order valence-electron chi connectivity index (χ2n) is 6.82. The Morgan fingerprint density at radius 2 is 2.07 bits per heavy atom. The van der Waals surface area contributed by atoms with Crippen LogP contribution >= 0.6 is 0 Å². The van der Waals surface area contributed by atoms with Gasteiger partial charge in [-0.25, -0.2) is 4.79 Å². The van der Waals surface area contributed by atoms with Crippen molar-refractivity contribution in [2.75, 3.05) is 13.2 Å². The van der Waals surface area contributed by atoms with E-state index in [0.717, 1.165) is 17.5 Å². The lowest BCUT2D eigenvalue weighted by molar-refractivity contribution is 0.0730. The van der Waals surface area contributed by atoms with Gasteiger partial charge >= 0.3 is 5.63 Å². The lowest BCUT2D eigenvalue weighted by Crippen LogP contribution is -2.38. The van der Waals surface area contributed by atoms with Crippen LogP contribution in [0.4, 0.5) is 0 Å². The summed E-state index contributed by atoms with van der Waals surface area (Å²) < 4.78 is 10.9. The number of benzene rings is 1. The molecule has 1 N–H and O–H groups in total. The quantitative estimate of drug-likeness (QED) is 0.702. The van der Waals surface area contributed by atoms with Gasteiger partial charge in [-0.15, -0.1) is 0 Å². The van der Waals surface area contributed by atoms with Crippen LogP contribution < -0.4 is 15.9 Å². The van der Waals surface area contributed by atoms with Crippen LogP contribution in [0.1, 0.15) is 34.8 Å². The monoisotopic (exact) mass is 380 g/mol. The summed E-state index contributed by atoms with van der Waals surface area (Å²) in [4.78, 5) is 41.0. The van der Waals surface area contributed by atoms with Gasteiger partial charge in [-0.2, -0.15) is 0 Å². The fourth-order valence-corrected chi connectivity index (χ4v) is 3.36. The number of carbonyl (C=O) groups is 1. The minimum Gasteiger partial charge on any atom is -0.493 e. The van der Waals surface area contributed by atoms with Gasteiger partial charge in [0.2, 0.25) is 5.56 Å². The number of aromatic amines is 1. The number of H-pyrrole nitrogens is 1. The summed E-state index contributed by atoms with van der Waals surface area (Å²) in [6.07, 6.45) is 3.07. The van der Waals surface area contributed by atoms with Crippen molar-refractivity contribution in [3.63, 3.8) is 0 Å². The zero-order chi connectivity index (χ0) is 19.7. The highest BCUT2D eigenvalue weighted by atomic mass is 16.5. The van der Waals surface area contributed by atoms with Gasteiger partial charge in [0.15, 0.2) is 0 Å². The fourth-order valence-electron chi connectivity index (χ4n) is 3.36. The van der Waals surface area contributed by atoms with E-state index in [0.29, 0.717) is 42.8 Å². The number of carbonyl (C=O) groups excluding carboxylic acids is 1. The van der Waals surface area contributed by atoms with E-state index in [2.05, 4.69) is 4.98 Å². The molecule has 0 unspecified atom stereocenters. The van der Waals surface area contributed by atoms with E-state index in [4.69, 9.17) is 9.15 Å². The highest BCUT2D eigenvalue weighted by Crippen LogP contribution is 2.22. The van der Waals surface area contributed by atoms with Gasteiger partial charge in [0.1, 0.15) is 16.9 Å². The zero-order valence-electron chi connectivity index (χ0n) is 15.5. The van der Waals surface area contributed by atoms with Crippen LogP contribution in [-0.4, -0.2) is 28.9 Å². The van der Waals surface area contributed by atoms with Gasteiger partial charge in [0, 0.05) is 36.8 Å². The first-order valence-electron chi connectivity index (χ1n) is 9.25. The predicted molar refractivity (Wildman–Crippen MR) is 104 cm³/mol. The molecule has 144 valence electrons. The van der Waals surface area contributed by atoms with Gasteiger partial charge < -0.3 is 19.0 Å². The number of nitrogens with zero attached hydrogens (tertiary/aromatic N) is 1. The van der Waals surface area contributed by atoms with Crippen molar-refractivity contribution in [1.82, 2.24) is 9.88 Å². The minimum atomic E-state index is -0.669. The van der Waals surface area contributed by atoms with Gasteiger partial charge in [-0.3, -0.25) is 9.59 Å². The number of aromatic nitrogens is 1. The maximum absolute atomic E-state index is 12.9. The summed E-state index contributed by atoms with van der Waals surface area (Å²) in [5, 5.41) is 0.661. The third-order valence-corrected chi connectivity index (χ3v) is 4.82. The smallest absolute Gasteiger partial charge is 0.349 e. The maximum Gasteiger partial charge on any atom is 0.349 e. The van der Waals surface area contributed by atoms with Crippen molar-refractivity contribution in [2.24, 2.45) is 0 Å². The largest absolute Gasteiger partial charge is 0.493 e. The Morgan fingerprint density at radius 3 is 2.89 bits per heavy atom. The number of rotatable bonds is 4. The van der Waals surface area contributed by atoms with E-state index < -0.39 is 5.63 Å². The number of ether oxygens (including phenoxy) is 1. The van der Waals surface area contributed by atoms with Crippen LogP contribution in [0.5, 0.6) is 5.75 Å². The van der Waals surface area contributed by atoms with Gasteiger partial charge in [0.05, 0.1) is 6.61 Å². The van der Waals surface area contributed by atoms with E-state index in [1.54, 1.807) is 41.4 Å². The molecular formula is C21H20N2O5. The molecule has 3 heterocycles. The molecule has 0 radical (unpaired) electrons. The van der Waals surface area contributed by atoms with E-state index in [-0.39, 0.29) is 17.0 Å². The Labute approximate surface area is 160 Å². The average Bonchev–Trinajstić information content (AvgIpc) is 2.70. The Morgan fingerprint density at radius 1 is 1.21 bits per heavy atom. The number of fused-ring (bicyclic) bond motifs is 2. The third kappa shape index (κ3) is 3.43. The Bertz CT molecular complexity index is 1160. The first-order chi connectivity index (χ1) is 13.5. The molecule has 2 aromatic heterocycles. The van der Waals surface area contributed by atoms with E-state index in [9.17, 15) is 14.4 Å². The van der Waals surface area contributed by atoms with Crippen molar-refractivity contribution < 1.29 is 13.9 Å². The topological polar surface area (TPSA) is 92.6 Å². The number of amides is 1. The number of pyridine rings is 1. The van der Waals surface area contributed by atoms with Crippen LogP contribution in [0.25, 0.3) is 11.0 Å². The van der Waals surface area contributed by atoms with Crippen molar-refractivity contribution in [3.05, 3.63) is 74.0 Å². The molecule has 0 spiro atoms. The summed E-state index contributed by atoms with van der Waals surface area (Å²) in [7, 11) is 0. The normalized spacial score (nSPS) is 13.4. The van der Waals surface area contributed by atoms with Crippen molar-refractivity contribution in [2.45, 2.75) is 26.3 Å². The number of hydrogen-bond donors (Lipinski definition) is 1. The molecule has 0 saturated carbocycles. The van der Waals surface area contributed by atoms with E-state index in [1.807, 2.05) is 6.92 Å². The lowest BCUT2D eigenvalue weighted by atomic mass is 10.0. The molecule has 7 nitrogen and oxygen atoms in total. The summed E-state index contributed by atoms with van der Waals surface area (Å²) in [6, 6.07) is 8.35. The molecule has 1 aliphatic heterocycles. The Kier molecular flexibility index (Phi) is 4.73. The molecule has 4 rings (SSSR count). The molecule has 1 amide bonds. The first-order valence-corrected chi connectivity index (χ1v) is 9.25. The van der Waals surface area contributed by atoms with Crippen molar-refractivity contribution in [1.29, 1.82) is 0 Å². The molecule has 0 saturated heterocycles. The molecule has 7 heteroatoms. The van der Waals surface area contributed by atoms with Gasteiger partial charge in [0.25, 0.3) is 5.91 Å². The average molecular weight is 380 g/mol. The highest BCUT2D eigenvalue weighted by Gasteiger charge is 2.25. The summed E-state index contributed by atoms with van der Waals surface area (Å²) in [6.45, 7) is 3.37. The molecule has 1 aromatic carbocycles. The van der Waals surface area contributed by atoms with Gasteiger partial charge in [-0.05, 0) is 42.2 Å². The third-order valence-electron chi connectivity index (χ3n) is 4.82. The predicted octanol–water partition coefficient (Wildman–Crippen LogP) is 2.47. The molecule has 0 bridgehead atoms. The van der Waals surface area contributed by atoms with Crippen LogP contribution in [0, 0.1) is 0 Å². The standard InChI is InChI=1S/C21H20N2O5/c1-2-7-27-16-4-3-14-8-17(21(26)28-18(14)10-16)20(25)23-6-5-13-9-19(24)22-11-15(13)12-23/h3-4,8-11H,2,5-7,12H2,1H3,(H,22,24). The number of hydrogen-bond acceptors (Lipinski definition) is 5. The first kappa shape index (κ1) is 18.0. The van der Waals surface area contributed by atoms with Crippen molar-refractivity contribution >= 4 is 16.9 Å². The summed E-state index contributed by atoms with van der Waals surface area (Å²) in [5.41, 5.74) is 1.37. The van der Waals surface area contributed by atoms with Crippen LogP contribution in [0.3, 0.4) is 0 Å². The SMILES string of the molecule is CCCOc1ccc2cc(C(=O)N3CCc4cc(=O)[nH]cc4C3)c(=O)oc2c1. The van der Waals surface area contributed by atoms with Crippen LogP contribution in [0.15, 0.2) is 50.5 Å². The second-order valence-corrected chi connectivity index (χ2v) is 6.82. The van der Waals surface area contributed by atoms with Crippen LogP contribution in [0.2, 0.25) is 0 Å². The minimum absolute atomic E-state index is 0.00241. The van der Waals surface area contributed by atoms with Gasteiger partial charge in [-0.1, -0.05) is 6.92 Å². The van der Waals surface area contributed by atoms with Crippen LogP contribution in [-0.2, 0) is 13.0 Å². The fraction of sp³-hybridized carbons (Fsp3) is 0.286. The molecule has 0 aliphatic carbocycles. The van der Waals surface area contributed by atoms with E-state index >= 15 is 0 Å². The number of nitrogens with one attached hydrogen (secondary N) is 1. The zero-order valence-corrected chi connectivity index (χ0v) is 15.5. The molecule has 28 heavy (non-hydrogen) atoms. The second kappa shape index (κ2) is 7.34. The summed E-state index contributed by atoms with van der Waals surface area (Å²) >= 11 is 0. The Hall–Kier alpha value is -3.35. The molecule has 1 aliphatic rings. The Balaban J connectivity index is 1.62. The van der Waals surface area contributed by atoms with Crippen molar-refractivity contribution in [3.8, 4) is 5.75 Å². The molecule has 0 atom stereocenters. The molecule has 0 fully saturated rings. The van der Waals surface area contributed by atoms with E-state index in [1.165, 1.54) is 0 Å².